The minimum atomic E-state index is -0.225. The Balaban J connectivity index is 1.32. The van der Waals surface area contributed by atoms with Crippen LogP contribution in [0.15, 0.2) is 55.1 Å². The molecule has 0 saturated heterocycles. The van der Waals surface area contributed by atoms with Gasteiger partial charge in [0.1, 0.15) is 18.1 Å². The average molecular weight is 349 g/mol. The quantitative estimate of drug-likeness (QED) is 0.762. The van der Waals surface area contributed by atoms with E-state index in [1.807, 2.05) is 36.5 Å². The van der Waals surface area contributed by atoms with Gasteiger partial charge in [0, 0.05) is 31.4 Å². The van der Waals surface area contributed by atoms with E-state index in [-0.39, 0.29) is 17.6 Å². The van der Waals surface area contributed by atoms with Crippen LogP contribution < -0.4 is 10.1 Å². The van der Waals surface area contributed by atoms with E-state index in [1.54, 1.807) is 6.20 Å². The predicted molar refractivity (Wildman–Crippen MR) is 94.6 cm³/mol. The summed E-state index contributed by atoms with van der Waals surface area (Å²) in [4.78, 5) is 25.0. The highest BCUT2D eigenvalue weighted by Crippen LogP contribution is 2.14. The van der Waals surface area contributed by atoms with E-state index in [2.05, 4.69) is 24.8 Å². The molecular formula is C19H19N5O2. The summed E-state index contributed by atoms with van der Waals surface area (Å²) in [6, 6.07) is 9.88. The zero-order valence-electron chi connectivity index (χ0n) is 14.2. The molecule has 132 valence electrons. The number of aromatic nitrogens is 4. The Kier molecular flexibility index (Phi) is 4.59. The summed E-state index contributed by atoms with van der Waals surface area (Å²) in [7, 11) is 0. The van der Waals surface area contributed by atoms with Gasteiger partial charge in [0.15, 0.2) is 0 Å². The molecule has 7 heteroatoms. The van der Waals surface area contributed by atoms with Crippen LogP contribution in [-0.4, -0.2) is 31.5 Å². The molecule has 2 aromatic heterocycles. The van der Waals surface area contributed by atoms with E-state index in [0.717, 1.165) is 30.8 Å². The number of benzene rings is 1. The van der Waals surface area contributed by atoms with Gasteiger partial charge >= 0.3 is 0 Å². The fraction of sp³-hybridized carbons (Fsp3) is 0.263. The molecular weight excluding hydrogens is 330 g/mol. The number of aryl methyl sites for hydroxylation is 1. The van der Waals surface area contributed by atoms with Crippen molar-refractivity contribution >= 4 is 5.91 Å². The van der Waals surface area contributed by atoms with Gasteiger partial charge in [-0.05, 0) is 12.0 Å². The highest BCUT2D eigenvalue weighted by Gasteiger charge is 2.21. The van der Waals surface area contributed by atoms with E-state index >= 15 is 0 Å². The van der Waals surface area contributed by atoms with Crippen molar-refractivity contribution in [3.63, 3.8) is 0 Å². The first-order valence-corrected chi connectivity index (χ1v) is 8.57. The summed E-state index contributed by atoms with van der Waals surface area (Å²) in [6.45, 7) is 1.27. The molecule has 4 rings (SSSR count). The van der Waals surface area contributed by atoms with Gasteiger partial charge in [-0.25, -0.2) is 15.0 Å². The second-order valence-corrected chi connectivity index (χ2v) is 6.21. The van der Waals surface area contributed by atoms with Crippen molar-refractivity contribution in [1.29, 1.82) is 0 Å². The second kappa shape index (κ2) is 7.35. The molecule has 0 spiro atoms. The maximum Gasteiger partial charge on any atom is 0.271 e. The molecule has 1 aromatic carbocycles. The number of carbonyl (C=O) groups is 1. The third kappa shape index (κ3) is 3.72. The van der Waals surface area contributed by atoms with E-state index in [4.69, 9.17) is 4.74 Å². The normalized spacial score (nSPS) is 15.9. The van der Waals surface area contributed by atoms with E-state index in [9.17, 15) is 4.79 Å². The minimum absolute atomic E-state index is 0.0632. The number of imidazole rings is 1. The van der Waals surface area contributed by atoms with Gasteiger partial charge in [-0.15, -0.1) is 0 Å². The highest BCUT2D eigenvalue weighted by atomic mass is 16.5. The molecule has 7 nitrogen and oxygen atoms in total. The molecule has 1 atom stereocenters. The zero-order chi connectivity index (χ0) is 17.8. The van der Waals surface area contributed by atoms with Crippen molar-refractivity contribution in [1.82, 2.24) is 24.8 Å². The van der Waals surface area contributed by atoms with Crippen LogP contribution in [0.1, 0.15) is 28.3 Å². The Labute approximate surface area is 151 Å². The van der Waals surface area contributed by atoms with Crippen LogP contribution >= 0.6 is 0 Å². The number of rotatable bonds is 5. The second-order valence-electron chi connectivity index (χ2n) is 6.21. The molecule has 0 radical (unpaired) electrons. The lowest BCUT2D eigenvalue weighted by molar-refractivity contribution is 0.0925. The summed E-state index contributed by atoms with van der Waals surface area (Å²) >= 11 is 0. The largest absolute Gasteiger partial charge is 0.472 e. The summed E-state index contributed by atoms with van der Waals surface area (Å²) in [5, 5.41) is 3.01. The van der Waals surface area contributed by atoms with E-state index < -0.39 is 0 Å². The van der Waals surface area contributed by atoms with Gasteiger partial charge in [-0.2, -0.15) is 0 Å². The molecule has 3 heterocycles. The smallest absolute Gasteiger partial charge is 0.271 e. The first kappa shape index (κ1) is 16.3. The number of fused-ring (bicyclic) bond motifs is 1. The SMILES string of the molecule is O=C(NC1CCn2ccnc2C1)c1cnc(OCc2ccccc2)cn1. The van der Waals surface area contributed by atoms with Crippen LogP contribution in [0.4, 0.5) is 0 Å². The fourth-order valence-corrected chi connectivity index (χ4v) is 2.97. The molecule has 1 amide bonds. The van der Waals surface area contributed by atoms with Gasteiger partial charge in [-0.1, -0.05) is 30.3 Å². The maximum atomic E-state index is 12.4. The Morgan fingerprint density at radius 2 is 2.08 bits per heavy atom. The minimum Gasteiger partial charge on any atom is -0.472 e. The third-order valence-electron chi connectivity index (χ3n) is 4.37. The Bertz CT molecular complexity index is 876. The summed E-state index contributed by atoms with van der Waals surface area (Å²) < 4.78 is 7.70. The van der Waals surface area contributed by atoms with Crippen molar-refractivity contribution in [2.75, 3.05) is 0 Å². The van der Waals surface area contributed by atoms with Gasteiger partial charge < -0.3 is 14.6 Å². The molecule has 0 aliphatic carbocycles. The number of nitrogens with zero attached hydrogens (tertiary/aromatic N) is 4. The number of hydrogen-bond acceptors (Lipinski definition) is 5. The molecule has 0 saturated carbocycles. The molecule has 1 N–H and O–H groups in total. The molecule has 26 heavy (non-hydrogen) atoms. The van der Waals surface area contributed by atoms with Crippen LogP contribution in [-0.2, 0) is 19.6 Å². The van der Waals surface area contributed by atoms with Crippen LogP contribution in [0.2, 0.25) is 0 Å². The van der Waals surface area contributed by atoms with Gasteiger partial charge in [0.25, 0.3) is 5.91 Å². The van der Waals surface area contributed by atoms with Crippen molar-refractivity contribution < 1.29 is 9.53 Å². The number of ether oxygens (including phenoxy) is 1. The maximum absolute atomic E-state index is 12.4. The van der Waals surface area contributed by atoms with Crippen LogP contribution in [0.3, 0.4) is 0 Å². The van der Waals surface area contributed by atoms with Crippen LogP contribution in [0, 0.1) is 0 Å². The third-order valence-corrected chi connectivity index (χ3v) is 4.37. The van der Waals surface area contributed by atoms with E-state index in [0.29, 0.717) is 12.5 Å². The fourth-order valence-electron chi connectivity index (χ4n) is 2.97. The number of hydrogen-bond donors (Lipinski definition) is 1. The molecule has 3 aromatic rings. The summed E-state index contributed by atoms with van der Waals surface area (Å²) in [6.07, 6.45) is 8.28. The van der Waals surface area contributed by atoms with Crippen molar-refractivity contribution in [2.45, 2.75) is 32.0 Å². The molecule has 1 aliphatic rings. The van der Waals surface area contributed by atoms with Gasteiger partial charge in [0.05, 0.1) is 12.4 Å². The van der Waals surface area contributed by atoms with Crippen molar-refractivity contribution in [2.24, 2.45) is 0 Å². The highest BCUT2D eigenvalue weighted by molar-refractivity contribution is 5.92. The lowest BCUT2D eigenvalue weighted by Crippen LogP contribution is -2.40. The van der Waals surface area contributed by atoms with Crippen LogP contribution in [0.5, 0.6) is 5.88 Å². The summed E-state index contributed by atoms with van der Waals surface area (Å²) in [5.74, 6) is 1.17. The Morgan fingerprint density at radius 3 is 2.88 bits per heavy atom. The van der Waals surface area contributed by atoms with Gasteiger partial charge in [-0.3, -0.25) is 4.79 Å². The summed E-state index contributed by atoms with van der Waals surface area (Å²) in [5.41, 5.74) is 1.33. The lowest BCUT2D eigenvalue weighted by atomic mass is 10.1. The topological polar surface area (TPSA) is 81.9 Å². The first-order valence-electron chi connectivity index (χ1n) is 8.57. The number of carbonyl (C=O) groups excluding carboxylic acids is 1. The first-order chi connectivity index (χ1) is 12.8. The molecule has 0 bridgehead atoms. The van der Waals surface area contributed by atoms with Gasteiger partial charge in [0.2, 0.25) is 5.88 Å². The monoisotopic (exact) mass is 349 g/mol. The number of amides is 1. The standard InChI is InChI=1S/C19H19N5O2/c25-19(23-15-6-8-24-9-7-20-17(24)10-15)16-11-22-18(12-21-16)26-13-14-4-2-1-3-5-14/h1-5,7,9,11-12,15H,6,8,10,13H2,(H,23,25). The van der Waals surface area contributed by atoms with Crippen molar-refractivity contribution in [3.05, 3.63) is 72.2 Å². The Morgan fingerprint density at radius 1 is 1.19 bits per heavy atom. The molecule has 0 fully saturated rings. The molecule has 1 unspecified atom stereocenters. The van der Waals surface area contributed by atoms with Crippen LogP contribution in [0.25, 0.3) is 0 Å². The Hall–Kier alpha value is -3.22. The van der Waals surface area contributed by atoms with Crippen molar-refractivity contribution in [3.8, 4) is 5.88 Å². The predicted octanol–water partition coefficient (Wildman–Crippen LogP) is 2.00. The van der Waals surface area contributed by atoms with E-state index in [1.165, 1.54) is 12.4 Å². The molecule has 1 aliphatic heterocycles. The average Bonchev–Trinajstić information content (AvgIpc) is 3.15. The number of nitrogens with one attached hydrogen (secondary N) is 1. The lowest BCUT2D eigenvalue weighted by Gasteiger charge is -2.24. The zero-order valence-corrected chi connectivity index (χ0v) is 14.2.